The molecular weight excluding hydrogens is 350 g/mol. The van der Waals surface area contributed by atoms with Crippen molar-refractivity contribution in [3.05, 3.63) is 51.8 Å². The summed E-state index contributed by atoms with van der Waals surface area (Å²) in [5.41, 5.74) is 2.13. The second kappa shape index (κ2) is 6.74. The molecule has 2 rings (SSSR count). The van der Waals surface area contributed by atoms with Crippen LogP contribution in [0.25, 0.3) is 0 Å². The zero-order valence-electron chi connectivity index (χ0n) is 12.2. The molecule has 2 N–H and O–H groups in total. The Balaban J connectivity index is 2.15. The molecule has 22 heavy (non-hydrogen) atoms. The Bertz CT molecular complexity index is 698. The zero-order valence-corrected chi connectivity index (χ0v) is 13.8. The average molecular weight is 366 g/mol. The fraction of sp³-hybridized carbons (Fsp3) is 0.267. The number of amides is 1. The lowest BCUT2D eigenvalue weighted by Gasteiger charge is -2.15. The van der Waals surface area contributed by atoms with Crippen LogP contribution in [-0.2, 0) is 11.2 Å². The fourth-order valence-corrected chi connectivity index (χ4v) is 2.33. The molecule has 1 unspecified atom stereocenters. The van der Waals surface area contributed by atoms with Crippen molar-refractivity contribution >= 4 is 27.9 Å². The second-order valence-electron chi connectivity index (χ2n) is 4.93. The van der Waals surface area contributed by atoms with Crippen LogP contribution in [0.3, 0.4) is 0 Å². The van der Waals surface area contributed by atoms with E-state index < -0.39 is 18.0 Å². The minimum atomic E-state index is -1.09. The zero-order chi connectivity index (χ0) is 16.3. The van der Waals surface area contributed by atoms with Crippen LogP contribution in [-0.4, -0.2) is 32.9 Å². The van der Waals surface area contributed by atoms with E-state index in [1.807, 2.05) is 30.3 Å². The number of aromatic nitrogens is 2. The molecule has 1 aromatic heterocycles. The van der Waals surface area contributed by atoms with Gasteiger partial charge in [-0.3, -0.25) is 0 Å². The van der Waals surface area contributed by atoms with Crippen molar-refractivity contribution in [1.29, 1.82) is 0 Å². The Morgan fingerprint density at radius 3 is 2.45 bits per heavy atom. The van der Waals surface area contributed by atoms with Crippen LogP contribution >= 0.6 is 15.9 Å². The van der Waals surface area contributed by atoms with E-state index in [9.17, 15) is 14.7 Å². The van der Waals surface area contributed by atoms with E-state index in [1.165, 1.54) is 4.68 Å². The van der Waals surface area contributed by atoms with E-state index in [0.717, 1.165) is 10.0 Å². The van der Waals surface area contributed by atoms with Gasteiger partial charge in [-0.15, -0.1) is 0 Å². The third-order valence-electron chi connectivity index (χ3n) is 3.27. The van der Waals surface area contributed by atoms with Gasteiger partial charge in [-0.25, -0.2) is 9.59 Å². The smallest absolute Gasteiger partial charge is 0.343 e. The van der Waals surface area contributed by atoms with Crippen molar-refractivity contribution in [3.8, 4) is 0 Å². The number of aryl methyl sites for hydroxylation is 1. The first kappa shape index (κ1) is 16.2. The topological polar surface area (TPSA) is 84.2 Å². The number of carboxylic acid groups (broad SMARTS) is 1. The van der Waals surface area contributed by atoms with Crippen molar-refractivity contribution < 1.29 is 14.7 Å². The normalized spacial score (nSPS) is 12.0. The molecule has 0 saturated heterocycles. The summed E-state index contributed by atoms with van der Waals surface area (Å²) in [7, 11) is 0. The van der Waals surface area contributed by atoms with Crippen LogP contribution in [0.2, 0.25) is 0 Å². The molecule has 0 radical (unpaired) electrons. The molecule has 116 valence electrons. The van der Waals surface area contributed by atoms with Crippen LogP contribution in [0.4, 0.5) is 4.79 Å². The van der Waals surface area contributed by atoms with Gasteiger partial charge in [-0.05, 0) is 35.3 Å². The van der Waals surface area contributed by atoms with Gasteiger partial charge in [0.05, 0.1) is 15.9 Å². The summed E-state index contributed by atoms with van der Waals surface area (Å²) in [6.45, 7) is 3.50. The maximum absolute atomic E-state index is 12.2. The molecule has 0 aliphatic heterocycles. The van der Waals surface area contributed by atoms with Gasteiger partial charge in [0.15, 0.2) is 0 Å². The largest absolute Gasteiger partial charge is 0.480 e. The summed E-state index contributed by atoms with van der Waals surface area (Å²) < 4.78 is 1.90. The number of nitrogens with zero attached hydrogens (tertiary/aromatic N) is 2. The molecule has 1 heterocycles. The van der Waals surface area contributed by atoms with Gasteiger partial charge in [-0.2, -0.15) is 9.78 Å². The lowest BCUT2D eigenvalue weighted by Crippen LogP contribution is -2.44. The molecular formula is C15H16BrN3O3. The van der Waals surface area contributed by atoms with Crippen molar-refractivity contribution in [2.45, 2.75) is 26.3 Å². The first-order chi connectivity index (χ1) is 10.4. The highest BCUT2D eigenvalue weighted by Crippen LogP contribution is 2.19. The Labute approximate surface area is 136 Å². The van der Waals surface area contributed by atoms with Gasteiger partial charge >= 0.3 is 12.0 Å². The lowest BCUT2D eigenvalue weighted by atomic mass is 10.1. The highest BCUT2D eigenvalue weighted by atomic mass is 79.9. The molecule has 2 aromatic rings. The molecule has 0 aliphatic rings. The number of carbonyl (C=O) groups excluding carboxylic acids is 1. The number of hydrogen-bond acceptors (Lipinski definition) is 3. The van der Waals surface area contributed by atoms with Gasteiger partial charge in [0, 0.05) is 6.42 Å². The maximum Gasteiger partial charge on any atom is 0.343 e. The highest BCUT2D eigenvalue weighted by Gasteiger charge is 2.23. The van der Waals surface area contributed by atoms with Crippen LogP contribution in [0.1, 0.15) is 17.0 Å². The van der Waals surface area contributed by atoms with Gasteiger partial charge in [0.25, 0.3) is 0 Å². The first-order valence-electron chi connectivity index (χ1n) is 6.69. The van der Waals surface area contributed by atoms with E-state index in [0.29, 0.717) is 11.4 Å². The van der Waals surface area contributed by atoms with Crippen molar-refractivity contribution in [3.63, 3.8) is 0 Å². The van der Waals surface area contributed by atoms with E-state index in [2.05, 4.69) is 26.3 Å². The number of rotatable bonds is 4. The van der Waals surface area contributed by atoms with Gasteiger partial charge < -0.3 is 10.4 Å². The third kappa shape index (κ3) is 3.54. The molecule has 1 atom stereocenters. The Morgan fingerprint density at radius 2 is 1.95 bits per heavy atom. The number of benzene rings is 1. The minimum Gasteiger partial charge on any atom is -0.480 e. The predicted octanol–water partition coefficient (Wildman–Crippen LogP) is 2.52. The highest BCUT2D eigenvalue weighted by molar-refractivity contribution is 9.10. The standard InChI is InChI=1S/C15H16BrN3O3/c1-9-13(16)10(2)19(18-9)15(22)17-12(14(20)21)8-11-6-4-3-5-7-11/h3-7,12H,8H2,1-2H3,(H,17,22)(H,20,21). The van der Waals surface area contributed by atoms with Crippen LogP contribution in [0, 0.1) is 13.8 Å². The molecule has 0 aliphatic carbocycles. The average Bonchev–Trinajstić information content (AvgIpc) is 2.75. The number of nitrogens with one attached hydrogen (secondary N) is 1. The van der Waals surface area contributed by atoms with Crippen molar-refractivity contribution in [2.24, 2.45) is 0 Å². The first-order valence-corrected chi connectivity index (χ1v) is 7.48. The predicted molar refractivity (Wildman–Crippen MR) is 84.9 cm³/mol. The summed E-state index contributed by atoms with van der Waals surface area (Å²) >= 11 is 3.34. The lowest BCUT2D eigenvalue weighted by molar-refractivity contribution is -0.139. The second-order valence-corrected chi connectivity index (χ2v) is 5.72. The molecule has 0 saturated carbocycles. The van der Waals surface area contributed by atoms with E-state index in [-0.39, 0.29) is 6.42 Å². The number of aliphatic carboxylic acids is 1. The number of hydrogen-bond donors (Lipinski definition) is 2. The monoisotopic (exact) mass is 365 g/mol. The van der Waals surface area contributed by atoms with Crippen molar-refractivity contribution in [1.82, 2.24) is 15.1 Å². The molecule has 0 spiro atoms. The Morgan fingerprint density at radius 1 is 1.32 bits per heavy atom. The molecule has 6 nitrogen and oxygen atoms in total. The van der Waals surface area contributed by atoms with Crippen LogP contribution in [0.5, 0.6) is 0 Å². The SMILES string of the molecule is Cc1nn(C(=O)NC(Cc2ccccc2)C(=O)O)c(C)c1Br. The molecule has 0 bridgehead atoms. The molecule has 7 heteroatoms. The maximum atomic E-state index is 12.2. The molecule has 1 amide bonds. The van der Waals surface area contributed by atoms with Gasteiger partial charge in [0.1, 0.15) is 6.04 Å². The minimum absolute atomic E-state index is 0.211. The number of halogens is 1. The van der Waals surface area contributed by atoms with Gasteiger partial charge in [0.2, 0.25) is 0 Å². The molecule has 1 aromatic carbocycles. The number of carbonyl (C=O) groups is 2. The van der Waals surface area contributed by atoms with E-state index in [1.54, 1.807) is 13.8 Å². The Hall–Kier alpha value is -2.15. The molecule has 0 fully saturated rings. The summed E-state index contributed by atoms with van der Waals surface area (Å²) in [5.74, 6) is -1.09. The van der Waals surface area contributed by atoms with Crippen LogP contribution < -0.4 is 5.32 Å². The summed E-state index contributed by atoms with van der Waals surface area (Å²) in [4.78, 5) is 23.6. The third-order valence-corrected chi connectivity index (χ3v) is 4.42. The van der Waals surface area contributed by atoms with Crippen molar-refractivity contribution in [2.75, 3.05) is 0 Å². The summed E-state index contributed by atoms with van der Waals surface area (Å²) in [6.07, 6.45) is 0.211. The van der Waals surface area contributed by atoms with Gasteiger partial charge in [-0.1, -0.05) is 30.3 Å². The quantitative estimate of drug-likeness (QED) is 0.871. The van der Waals surface area contributed by atoms with Crippen LogP contribution in [0.15, 0.2) is 34.8 Å². The Kier molecular flexibility index (Phi) is 4.97. The summed E-state index contributed by atoms with van der Waals surface area (Å²) in [6, 6.07) is 7.57. The number of carboxylic acids is 1. The summed E-state index contributed by atoms with van der Waals surface area (Å²) in [5, 5.41) is 15.9. The fourth-order valence-electron chi connectivity index (χ4n) is 2.08. The van der Waals surface area contributed by atoms with E-state index >= 15 is 0 Å². The van der Waals surface area contributed by atoms with E-state index in [4.69, 9.17) is 0 Å².